The smallest absolute Gasteiger partial charge is 0.255 e. The zero-order chi connectivity index (χ0) is 18.3. The quantitative estimate of drug-likeness (QED) is 0.762. The summed E-state index contributed by atoms with van der Waals surface area (Å²) in [5.41, 5.74) is 0.317. The third-order valence-electron chi connectivity index (χ3n) is 3.27. The maximum atomic E-state index is 12.6. The number of carbonyl (C=O) groups excluding carboxylic acids is 1. The van der Waals surface area contributed by atoms with Gasteiger partial charge in [-0.05, 0) is 36.4 Å². The van der Waals surface area contributed by atoms with Gasteiger partial charge in [0.2, 0.25) is 10.0 Å². The zero-order valence-corrected chi connectivity index (χ0v) is 14.1. The van der Waals surface area contributed by atoms with Crippen LogP contribution < -0.4 is 4.72 Å². The lowest BCUT2D eigenvalue weighted by molar-refractivity contribution is 0.0755. The zero-order valence-electron chi connectivity index (χ0n) is 13.3. The Morgan fingerprint density at radius 3 is 2.44 bits per heavy atom. The minimum Gasteiger partial charge on any atom is -0.467 e. The third kappa shape index (κ3) is 4.74. The minimum atomic E-state index is -3.70. The van der Waals surface area contributed by atoms with Crippen LogP contribution in [0, 0.1) is 24.7 Å². The van der Waals surface area contributed by atoms with Crippen molar-refractivity contribution >= 4 is 15.9 Å². The summed E-state index contributed by atoms with van der Waals surface area (Å²) >= 11 is 0. The molecule has 2 aromatic rings. The van der Waals surface area contributed by atoms with Gasteiger partial charge in [-0.3, -0.25) is 4.79 Å². The van der Waals surface area contributed by atoms with Crippen LogP contribution in [0.3, 0.4) is 0 Å². The summed E-state index contributed by atoms with van der Waals surface area (Å²) in [5, 5.41) is 0. The molecule has 0 aliphatic rings. The van der Waals surface area contributed by atoms with Crippen molar-refractivity contribution < 1.29 is 17.6 Å². The van der Waals surface area contributed by atoms with E-state index in [1.54, 1.807) is 12.1 Å². The van der Waals surface area contributed by atoms with Crippen LogP contribution >= 0.6 is 0 Å². The summed E-state index contributed by atoms with van der Waals surface area (Å²) in [6.07, 6.45) is 11.9. The summed E-state index contributed by atoms with van der Waals surface area (Å²) < 4.78 is 31.4. The summed E-state index contributed by atoms with van der Waals surface area (Å²) in [6.45, 7) is 0.214. The van der Waals surface area contributed by atoms with Crippen LogP contribution in [0.2, 0.25) is 0 Å². The Labute approximate surface area is 146 Å². The second-order valence-corrected chi connectivity index (χ2v) is 6.76. The molecule has 7 heteroatoms. The summed E-state index contributed by atoms with van der Waals surface area (Å²) in [4.78, 5) is 14.0. The van der Waals surface area contributed by atoms with Gasteiger partial charge in [-0.25, -0.2) is 8.42 Å². The molecule has 0 unspecified atom stereocenters. The Kier molecular flexibility index (Phi) is 6.02. The lowest BCUT2D eigenvalue weighted by Gasteiger charge is -2.19. The van der Waals surface area contributed by atoms with E-state index in [9.17, 15) is 13.2 Å². The lowest BCUT2D eigenvalue weighted by atomic mass is 10.2. The predicted octanol–water partition coefficient (Wildman–Crippen LogP) is 1.47. The standard InChI is InChI=1S/C18H16N2O4S/c1-3-11-19-25(22,23)17-9-7-15(8-10-17)18(21)20(12-4-2)14-16-6-5-13-24-16/h1-2,5-10,13,19H,11-12,14H2. The highest BCUT2D eigenvalue weighted by Gasteiger charge is 2.18. The van der Waals surface area contributed by atoms with Crippen molar-refractivity contribution in [3.8, 4) is 24.7 Å². The first-order chi connectivity index (χ1) is 12.0. The average Bonchev–Trinajstić information content (AvgIpc) is 3.12. The maximum absolute atomic E-state index is 12.6. The molecule has 1 N–H and O–H groups in total. The number of hydrogen-bond donors (Lipinski definition) is 1. The van der Waals surface area contributed by atoms with Gasteiger partial charge < -0.3 is 9.32 Å². The molecule has 0 spiro atoms. The van der Waals surface area contributed by atoms with Gasteiger partial charge in [0.25, 0.3) is 5.91 Å². The van der Waals surface area contributed by atoms with Gasteiger partial charge in [-0.15, -0.1) is 12.8 Å². The molecule has 0 fully saturated rings. The summed E-state index contributed by atoms with van der Waals surface area (Å²) in [5.74, 6) is 4.90. The van der Waals surface area contributed by atoms with Crippen molar-refractivity contribution in [2.24, 2.45) is 0 Å². The molecule has 1 aromatic heterocycles. The number of terminal acetylenes is 2. The molecular weight excluding hydrogens is 340 g/mol. The van der Waals surface area contributed by atoms with Crippen molar-refractivity contribution in [1.29, 1.82) is 0 Å². The molecule has 1 amide bonds. The van der Waals surface area contributed by atoms with Crippen LogP contribution in [0.5, 0.6) is 0 Å². The highest BCUT2D eigenvalue weighted by Crippen LogP contribution is 2.14. The van der Waals surface area contributed by atoms with E-state index in [1.165, 1.54) is 35.4 Å². The Bertz CT molecular complexity index is 901. The normalized spacial score (nSPS) is 10.6. The molecule has 0 saturated heterocycles. The van der Waals surface area contributed by atoms with Gasteiger partial charge in [-0.1, -0.05) is 11.8 Å². The number of rotatable bonds is 7. The minimum absolute atomic E-state index is 0.0221. The molecule has 0 aliphatic heterocycles. The first-order valence-electron chi connectivity index (χ1n) is 7.26. The van der Waals surface area contributed by atoms with Crippen LogP contribution in [0.1, 0.15) is 16.1 Å². The number of benzene rings is 1. The van der Waals surface area contributed by atoms with Crippen molar-refractivity contribution in [3.63, 3.8) is 0 Å². The van der Waals surface area contributed by atoms with E-state index in [0.717, 1.165) is 0 Å². The van der Waals surface area contributed by atoms with Gasteiger partial charge >= 0.3 is 0 Å². The molecule has 0 bridgehead atoms. The van der Waals surface area contributed by atoms with E-state index in [4.69, 9.17) is 17.3 Å². The third-order valence-corrected chi connectivity index (χ3v) is 4.69. The molecule has 0 aliphatic carbocycles. The number of hydrogen-bond acceptors (Lipinski definition) is 4. The molecule has 0 atom stereocenters. The molecular formula is C18H16N2O4S. The van der Waals surface area contributed by atoms with Crippen LogP contribution in [-0.4, -0.2) is 32.3 Å². The molecule has 6 nitrogen and oxygen atoms in total. The number of amides is 1. The number of carbonyl (C=O) groups is 1. The molecule has 1 heterocycles. The topological polar surface area (TPSA) is 79.6 Å². The summed E-state index contributed by atoms with van der Waals surface area (Å²) in [6, 6.07) is 9.00. The lowest BCUT2D eigenvalue weighted by Crippen LogP contribution is -2.31. The second-order valence-electron chi connectivity index (χ2n) is 5.00. The van der Waals surface area contributed by atoms with E-state index in [0.29, 0.717) is 11.3 Å². The van der Waals surface area contributed by atoms with Crippen LogP contribution in [-0.2, 0) is 16.6 Å². The highest BCUT2D eigenvalue weighted by atomic mass is 32.2. The van der Waals surface area contributed by atoms with Crippen LogP contribution in [0.15, 0.2) is 52.0 Å². The fourth-order valence-electron chi connectivity index (χ4n) is 2.08. The summed E-state index contributed by atoms with van der Waals surface area (Å²) in [7, 11) is -3.70. The molecule has 128 valence electrons. The molecule has 2 rings (SSSR count). The van der Waals surface area contributed by atoms with Crippen molar-refractivity contribution in [1.82, 2.24) is 9.62 Å². The SMILES string of the molecule is C#CCNS(=O)(=O)c1ccc(C(=O)N(CC#C)Cc2ccco2)cc1. The monoisotopic (exact) mass is 356 g/mol. The van der Waals surface area contributed by atoms with Gasteiger partial charge in [0.15, 0.2) is 0 Å². The Morgan fingerprint density at radius 1 is 1.16 bits per heavy atom. The first-order valence-corrected chi connectivity index (χ1v) is 8.74. The van der Waals surface area contributed by atoms with E-state index < -0.39 is 10.0 Å². The van der Waals surface area contributed by atoms with Crippen molar-refractivity contribution in [2.45, 2.75) is 11.4 Å². The number of sulfonamides is 1. The van der Waals surface area contributed by atoms with E-state index in [1.807, 2.05) is 0 Å². The second kappa shape index (κ2) is 8.20. The number of nitrogens with zero attached hydrogens (tertiary/aromatic N) is 1. The average molecular weight is 356 g/mol. The molecule has 0 radical (unpaired) electrons. The van der Waals surface area contributed by atoms with Crippen LogP contribution in [0.4, 0.5) is 0 Å². The fourth-order valence-corrected chi connectivity index (χ4v) is 3.01. The Hall–Kier alpha value is -3.00. The van der Waals surface area contributed by atoms with Gasteiger partial charge in [-0.2, -0.15) is 4.72 Å². The van der Waals surface area contributed by atoms with Crippen molar-refractivity contribution in [2.75, 3.05) is 13.1 Å². The first kappa shape index (κ1) is 18.3. The van der Waals surface area contributed by atoms with E-state index >= 15 is 0 Å². The Balaban J connectivity index is 2.18. The van der Waals surface area contributed by atoms with Gasteiger partial charge in [0.1, 0.15) is 5.76 Å². The van der Waals surface area contributed by atoms with Gasteiger partial charge in [0, 0.05) is 5.56 Å². The van der Waals surface area contributed by atoms with Crippen LogP contribution in [0.25, 0.3) is 0 Å². The van der Waals surface area contributed by atoms with Crippen molar-refractivity contribution in [3.05, 3.63) is 54.0 Å². The number of furan rings is 1. The predicted molar refractivity (Wildman–Crippen MR) is 92.7 cm³/mol. The Morgan fingerprint density at radius 2 is 1.88 bits per heavy atom. The number of nitrogens with one attached hydrogen (secondary N) is 1. The largest absolute Gasteiger partial charge is 0.467 e. The molecule has 25 heavy (non-hydrogen) atoms. The van der Waals surface area contributed by atoms with Gasteiger partial charge in [0.05, 0.1) is 30.8 Å². The highest BCUT2D eigenvalue weighted by molar-refractivity contribution is 7.89. The van der Waals surface area contributed by atoms with E-state index in [-0.39, 0.29) is 30.4 Å². The molecule has 0 saturated carbocycles. The maximum Gasteiger partial charge on any atom is 0.255 e. The van der Waals surface area contributed by atoms with E-state index in [2.05, 4.69) is 16.6 Å². The molecule has 1 aromatic carbocycles. The fraction of sp³-hybridized carbons (Fsp3) is 0.167.